The second kappa shape index (κ2) is 6.45. The van der Waals surface area contributed by atoms with Gasteiger partial charge in [-0.2, -0.15) is 5.10 Å². The van der Waals surface area contributed by atoms with Crippen molar-refractivity contribution in [3.63, 3.8) is 0 Å². The highest BCUT2D eigenvalue weighted by Gasteiger charge is 2.09. The first-order valence-corrected chi connectivity index (χ1v) is 8.22. The predicted molar refractivity (Wildman–Crippen MR) is 85.5 cm³/mol. The molecular weight excluding hydrogens is 344 g/mol. The van der Waals surface area contributed by atoms with E-state index in [-0.39, 0.29) is 5.91 Å². The average Bonchev–Trinajstić information content (AvgIpc) is 2.98. The first-order valence-electron chi connectivity index (χ1n) is 5.73. The lowest BCUT2D eigenvalue weighted by molar-refractivity contribution is 0.0955. The summed E-state index contributed by atoms with van der Waals surface area (Å²) < 4.78 is 1.04. The zero-order chi connectivity index (χ0) is 13.8. The number of amides is 1. The molecule has 3 nitrogen and oxygen atoms in total. The summed E-state index contributed by atoms with van der Waals surface area (Å²) in [6.07, 6.45) is 1.64. The lowest BCUT2D eigenvalue weighted by atomic mass is 10.1. The summed E-state index contributed by atoms with van der Waals surface area (Å²) in [5, 5.41) is 5.82. The van der Waals surface area contributed by atoms with Crippen LogP contribution in [0.2, 0.25) is 0 Å². The number of nitrogens with one attached hydrogen (secondary N) is 1. The SMILES string of the molecule is CC(C)c1cc(C(=O)NN=Cc2ccc(Br)s2)cs1. The fourth-order valence-electron chi connectivity index (χ4n) is 1.39. The Bertz CT molecular complexity index is 601. The van der Waals surface area contributed by atoms with Crippen LogP contribution < -0.4 is 5.43 Å². The second-order valence-electron chi connectivity index (χ2n) is 4.23. The van der Waals surface area contributed by atoms with Crippen molar-refractivity contribution in [3.8, 4) is 0 Å². The smallest absolute Gasteiger partial charge is 0.267 e. The third-order valence-corrected chi connectivity index (χ3v) is 5.19. The van der Waals surface area contributed by atoms with E-state index in [9.17, 15) is 4.79 Å². The number of hydrazone groups is 1. The van der Waals surface area contributed by atoms with E-state index in [2.05, 4.69) is 40.3 Å². The van der Waals surface area contributed by atoms with Gasteiger partial charge in [0, 0.05) is 15.1 Å². The Morgan fingerprint density at radius 1 is 1.47 bits per heavy atom. The van der Waals surface area contributed by atoms with E-state index in [1.165, 1.54) is 4.88 Å². The maximum absolute atomic E-state index is 11.9. The highest BCUT2D eigenvalue weighted by Crippen LogP contribution is 2.23. The van der Waals surface area contributed by atoms with Gasteiger partial charge in [0.2, 0.25) is 0 Å². The standard InChI is InChI=1S/C13H13BrN2OS2/c1-8(2)11-5-9(7-18-11)13(17)16-15-6-10-3-4-12(14)19-10/h3-8H,1-2H3,(H,16,17). The van der Waals surface area contributed by atoms with E-state index in [0.29, 0.717) is 11.5 Å². The van der Waals surface area contributed by atoms with Crippen molar-refractivity contribution in [2.45, 2.75) is 19.8 Å². The van der Waals surface area contributed by atoms with Crippen LogP contribution in [0.3, 0.4) is 0 Å². The van der Waals surface area contributed by atoms with Crippen molar-refractivity contribution < 1.29 is 4.79 Å². The number of thiophene rings is 2. The van der Waals surface area contributed by atoms with Crippen LogP contribution in [0, 0.1) is 0 Å². The van der Waals surface area contributed by atoms with Crippen LogP contribution in [-0.2, 0) is 0 Å². The van der Waals surface area contributed by atoms with Crippen LogP contribution in [-0.4, -0.2) is 12.1 Å². The van der Waals surface area contributed by atoms with Gasteiger partial charge in [-0.05, 0) is 40.0 Å². The maximum Gasteiger partial charge on any atom is 0.272 e. The molecule has 2 heterocycles. The molecule has 0 spiro atoms. The molecule has 0 fully saturated rings. The van der Waals surface area contributed by atoms with E-state index >= 15 is 0 Å². The second-order valence-corrected chi connectivity index (χ2v) is 7.67. The van der Waals surface area contributed by atoms with Crippen LogP contribution in [0.25, 0.3) is 0 Å². The quantitative estimate of drug-likeness (QED) is 0.637. The summed E-state index contributed by atoms with van der Waals surface area (Å²) >= 11 is 6.54. The van der Waals surface area contributed by atoms with Gasteiger partial charge in [0.25, 0.3) is 5.91 Å². The zero-order valence-electron chi connectivity index (χ0n) is 10.5. The Morgan fingerprint density at radius 2 is 2.26 bits per heavy atom. The molecular formula is C13H13BrN2OS2. The number of hydrogen-bond acceptors (Lipinski definition) is 4. The van der Waals surface area contributed by atoms with Crippen molar-refractivity contribution in [2.75, 3.05) is 0 Å². The molecule has 0 bridgehead atoms. The molecule has 0 saturated heterocycles. The number of hydrogen-bond donors (Lipinski definition) is 1. The van der Waals surface area contributed by atoms with Crippen LogP contribution in [0.4, 0.5) is 0 Å². The Hall–Kier alpha value is -0.980. The molecule has 2 aromatic heterocycles. The Labute approximate surface area is 128 Å². The molecule has 0 aromatic carbocycles. The fourth-order valence-corrected chi connectivity index (χ4v) is 3.59. The van der Waals surface area contributed by atoms with E-state index in [0.717, 1.165) is 8.66 Å². The number of halogens is 1. The van der Waals surface area contributed by atoms with Gasteiger partial charge in [-0.25, -0.2) is 5.43 Å². The minimum absolute atomic E-state index is 0.171. The van der Waals surface area contributed by atoms with Gasteiger partial charge in [-0.15, -0.1) is 22.7 Å². The Balaban J connectivity index is 1.95. The van der Waals surface area contributed by atoms with Gasteiger partial charge in [-0.3, -0.25) is 4.79 Å². The van der Waals surface area contributed by atoms with Gasteiger partial charge in [0.1, 0.15) is 0 Å². The van der Waals surface area contributed by atoms with Crippen LogP contribution >= 0.6 is 38.6 Å². The van der Waals surface area contributed by atoms with E-state index < -0.39 is 0 Å². The molecule has 100 valence electrons. The lowest BCUT2D eigenvalue weighted by Gasteiger charge is -1.97. The van der Waals surface area contributed by atoms with Crippen molar-refractivity contribution >= 4 is 50.7 Å². The lowest BCUT2D eigenvalue weighted by Crippen LogP contribution is -2.16. The summed E-state index contributed by atoms with van der Waals surface area (Å²) in [5.74, 6) is 0.272. The summed E-state index contributed by atoms with van der Waals surface area (Å²) in [5.41, 5.74) is 3.20. The van der Waals surface area contributed by atoms with E-state index in [4.69, 9.17) is 0 Å². The molecule has 0 saturated carbocycles. The van der Waals surface area contributed by atoms with Crippen molar-refractivity contribution in [3.05, 3.63) is 42.7 Å². The molecule has 1 amide bonds. The van der Waals surface area contributed by atoms with Crippen LogP contribution in [0.5, 0.6) is 0 Å². The van der Waals surface area contributed by atoms with Crippen molar-refractivity contribution in [1.29, 1.82) is 0 Å². The summed E-state index contributed by atoms with van der Waals surface area (Å²) in [7, 11) is 0. The van der Waals surface area contributed by atoms with Crippen LogP contribution in [0.15, 0.2) is 32.5 Å². The molecule has 0 unspecified atom stereocenters. The minimum atomic E-state index is -0.171. The normalized spacial score (nSPS) is 11.4. The van der Waals surface area contributed by atoms with Crippen molar-refractivity contribution in [1.82, 2.24) is 5.43 Å². The molecule has 2 rings (SSSR count). The average molecular weight is 357 g/mol. The number of carbonyl (C=O) groups excluding carboxylic acids is 1. The van der Waals surface area contributed by atoms with Crippen LogP contribution in [0.1, 0.15) is 39.9 Å². The largest absolute Gasteiger partial charge is 0.272 e. The number of nitrogens with zero attached hydrogens (tertiary/aromatic N) is 1. The van der Waals surface area contributed by atoms with Gasteiger partial charge in [-0.1, -0.05) is 13.8 Å². The Kier molecular flexibility index (Phi) is 4.90. The third kappa shape index (κ3) is 3.99. The predicted octanol–water partition coefficient (Wildman–Crippen LogP) is 4.46. The van der Waals surface area contributed by atoms with Gasteiger partial charge in [0.05, 0.1) is 15.6 Å². The summed E-state index contributed by atoms with van der Waals surface area (Å²) in [6, 6.07) is 5.80. The first kappa shape index (κ1) is 14.4. The van der Waals surface area contributed by atoms with E-state index in [1.807, 2.05) is 23.6 Å². The minimum Gasteiger partial charge on any atom is -0.267 e. The molecule has 19 heavy (non-hydrogen) atoms. The zero-order valence-corrected chi connectivity index (χ0v) is 13.7. The van der Waals surface area contributed by atoms with Gasteiger partial charge < -0.3 is 0 Å². The van der Waals surface area contributed by atoms with Crippen molar-refractivity contribution in [2.24, 2.45) is 5.10 Å². The fraction of sp³-hybridized carbons (Fsp3) is 0.231. The number of rotatable bonds is 4. The Morgan fingerprint density at radius 3 is 2.84 bits per heavy atom. The number of carbonyl (C=O) groups is 1. The molecule has 6 heteroatoms. The first-order chi connectivity index (χ1) is 9.06. The molecule has 0 aliphatic rings. The van der Waals surface area contributed by atoms with Gasteiger partial charge >= 0.3 is 0 Å². The molecule has 0 aliphatic heterocycles. The molecule has 1 N–H and O–H groups in total. The third-order valence-electron chi connectivity index (χ3n) is 2.40. The summed E-state index contributed by atoms with van der Waals surface area (Å²) in [6.45, 7) is 4.22. The summed E-state index contributed by atoms with van der Waals surface area (Å²) in [4.78, 5) is 14.0. The highest BCUT2D eigenvalue weighted by atomic mass is 79.9. The molecule has 2 aromatic rings. The molecule has 0 aliphatic carbocycles. The topological polar surface area (TPSA) is 41.5 Å². The van der Waals surface area contributed by atoms with E-state index in [1.54, 1.807) is 28.9 Å². The maximum atomic E-state index is 11.9. The molecule has 0 radical (unpaired) electrons. The van der Waals surface area contributed by atoms with Gasteiger partial charge in [0.15, 0.2) is 0 Å². The molecule has 0 atom stereocenters. The highest BCUT2D eigenvalue weighted by molar-refractivity contribution is 9.11. The monoisotopic (exact) mass is 356 g/mol.